The molecule has 0 unspecified atom stereocenters. The zero-order valence-corrected chi connectivity index (χ0v) is 18.1. The molecule has 0 amide bonds. The minimum Gasteiger partial charge on any atom is -0.497 e. The Labute approximate surface area is 171 Å². The standard InChI is InChI=1S/C20H25NO5S2/c1-5-6-7-17-14(2)19(27)18(21(20(17)22)26-28(4,23)24)13-10-15-8-11-16(25-3)12-9-15/h8-13,27H,5-7H2,1-4H3. The predicted molar refractivity (Wildman–Crippen MR) is 115 cm³/mol. The molecule has 0 aliphatic heterocycles. The molecule has 0 fully saturated rings. The van der Waals surface area contributed by atoms with Crippen LogP contribution in [0.25, 0.3) is 12.2 Å². The average molecular weight is 424 g/mol. The quantitative estimate of drug-likeness (QED) is 0.659. The Balaban J connectivity index is 2.59. The highest BCUT2D eigenvalue weighted by Gasteiger charge is 2.19. The molecule has 1 heterocycles. The third-order valence-electron chi connectivity index (χ3n) is 4.25. The van der Waals surface area contributed by atoms with Crippen LogP contribution in [0.15, 0.2) is 34.0 Å². The van der Waals surface area contributed by atoms with Gasteiger partial charge in [0.1, 0.15) is 5.75 Å². The van der Waals surface area contributed by atoms with Crippen LogP contribution in [0, 0.1) is 6.92 Å². The first kappa shape index (κ1) is 22.1. The number of hydrogen-bond donors (Lipinski definition) is 1. The van der Waals surface area contributed by atoms with Gasteiger partial charge in [-0.05, 0) is 49.1 Å². The highest BCUT2D eigenvalue weighted by Crippen LogP contribution is 2.23. The van der Waals surface area contributed by atoms with Gasteiger partial charge in [-0.3, -0.25) is 9.08 Å². The number of aromatic nitrogens is 1. The van der Waals surface area contributed by atoms with Crippen LogP contribution in [-0.2, 0) is 16.5 Å². The van der Waals surface area contributed by atoms with Crippen LogP contribution in [0.4, 0.5) is 0 Å². The Kier molecular flexibility index (Phi) is 7.37. The molecule has 0 N–H and O–H groups in total. The van der Waals surface area contributed by atoms with Crippen LogP contribution >= 0.6 is 12.6 Å². The number of pyridine rings is 1. The molecule has 152 valence electrons. The lowest BCUT2D eigenvalue weighted by molar-refractivity contribution is 0.263. The number of thiol groups is 1. The number of nitrogens with zero attached hydrogens (tertiary/aromatic N) is 1. The Hall–Kier alpha value is -2.19. The molecule has 2 aromatic rings. The van der Waals surface area contributed by atoms with Crippen LogP contribution < -0.4 is 14.6 Å². The molecule has 0 bridgehead atoms. The summed E-state index contributed by atoms with van der Waals surface area (Å²) in [5, 5.41) is 0. The first-order valence-corrected chi connectivity index (χ1v) is 11.1. The van der Waals surface area contributed by atoms with Crippen molar-refractivity contribution in [1.82, 2.24) is 4.73 Å². The summed E-state index contributed by atoms with van der Waals surface area (Å²) in [6.07, 6.45) is 6.52. The van der Waals surface area contributed by atoms with E-state index in [4.69, 9.17) is 9.02 Å². The summed E-state index contributed by atoms with van der Waals surface area (Å²) in [6, 6.07) is 7.30. The van der Waals surface area contributed by atoms with Gasteiger partial charge in [-0.15, -0.1) is 17.4 Å². The normalized spacial score (nSPS) is 11.8. The molecular weight excluding hydrogens is 398 g/mol. The molecule has 0 aliphatic rings. The van der Waals surface area contributed by atoms with Crippen molar-refractivity contribution in [2.75, 3.05) is 13.4 Å². The molecule has 0 saturated carbocycles. The summed E-state index contributed by atoms with van der Waals surface area (Å²) in [4.78, 5) is 13.4. The molecule has 28 heavy (non-hydrogen) atoms. The van der Waals surface area contributed by atoms with Crippen LogP contribution in [-0.4, -0.2) is 26.5 Å². The van der Waals surface area contributed by atoms with E-state index in [0.29, 0.717) is 16.9 Å². The maximum Gasteiger partial charge on any atom is 0.324 e. The average Bonchev–Trinajstić information content (AvgIpc) is 2.65. The van der Waals surface area contributed by atoms with E-state index in [1.54, 1.807) is 31.4 Å². The molecule has 0 radical (unpaired) electrons. The lowest BCUT2D eigenvalue weighted by Gasteiger charge is -2.16. The monoisotopic (exact) mass is 423 g/mol. The van der Waals surface area contributed by atoms with E-state index in [1.807, 2.05) is 26.0 Å². The van der Waals surface area contributed by atoms with Gasteiger partial charge in [0, 0.05) is 10.5 Å². The van der Waals surface area contributed by atoms with Gasteiger partial charge in [-0.1, -0.05) is 31.6 Å². The number of hydrogen-bond acceptors (Lipinski definition) is 6. The first-order chi connectivity index (χ1) is 13.2. The largest absolute Gasteiger partial charge is 0.497 e. The van der Waals surface area contributed by atoms with Gasteiger partial charge >= 0.3 is 10.1 Å². The van der Waals surface area contributed by atoms with Gasteiger partial charge in [0.15, 0.2) is 0 Å². The summed E-state index contributed by atoms with van der Waals surface area (Å²) in [7, 11) is -2.32. The minimum atomic E-state index is -3.90. The van der Waals surface area contributed by atoms with Crippen molar-refractivity contribution in [3.63, 3.8) is 0 Å². The number of rotatable bonds is 8. The number of benzene rings is 1. The van der Waals surface area contributed by atoms with E-state index in [2.05, 4.69) is 12.6 Å². The summed E-state index contributed by atoms with van der Waals surface area (Å²) < 4.78 is 34.4. The van der Waals surface area contributed by atoms with Gasteiger partial charge < -0.3 is 4.74 Å². The van der Waals surface area contributed by atoms with E-state index >= 15 is 0 Å². The number of unbranched alkanes of at least 4 members (excludes halogenated alkanes) is 1. The summed E-state index contributed by atoms with van der Waals surface area (Å²) in [5.41, 5.74) is 1.87. The SMILES string of the molecule is CCCCc1c(C)c(S)c(C=Cc2ccc(OC)cc2)n(OS(C)(=O)=O)c1=O. The van der Waals surface area contributed by atoms with Gasteiger partial charge in [-0.2, -0.15) is 8.42 Å². The lowest BCUT2D eigenvalue weighted by atomic mass is 10.0. The molecule has 0 atom stereocenters. The fourth-order valence-electron chi connectivity index (χ4n) is 2.72. The van der Waals surface area contributed by atoms with Crippen molar-refractivity contribution < 1.29 is 17.4 Å². The number of methoxy groups -OCH3 is 1. The fraction of sp³-hybridized carbons (Fsp3) is 0.350. The smallest absolute Gasteiger partial charge is 0.324 e. The van der Waals surface area contributed by atoms with Gasteiger partial charge in [-0.25, -0.2) is 0 Å². The second-order valence-corrected chi connectivity index (χ2v) is 8.43. The summed E-state index contributed by atoms with van der Waals surface area (Å²) in [6.45, 7) is 3.83. The molecule has 0 aliphatic carbocycles. The number of ether oxygens (including phenoxy) is 1. The van der Waals surface area contributed by atoms with E-state index < -0.39 is 15.7 Å². The van der Waals surface area contributed by atoms with Gasteiger partial charge in [0.25, 0.3) is 5.56 Å². The molecule has 0 spiro atoms. The first-order valence-electron chi connectivity index (χ1n) is 8.87. The second kappa shape index (κ2) is 9.34. The van der Waals surface area contributed by atoms with Gasteiger partial charge in [0.05, 0.1) is 19.1 Å². The molecule has 6 nitrogen and oxygen atoms in total. The maximum absolute atomic E-state index is 12.9. The van der Waals surface area contributed by atoms with E-state index in [1.165, 1.54) is 0 Å². The zero-order valence-electron chi connectivity index (χ0n) is 16.4. The zero-order chi connectivity index (χ0) is 20.9. The highest BCUT2D eigenvalue weighted by atomic mass is 32.2. The third-order valence-corrected chi connectivity index (χ3v) is 5.24. The lowest BCUT2D eigenvalue weighted by Crippen LogP contribution is -2.35. The Morgan fingerprint density at radius 3 is 2.36 bits per heavy atom. The van der Waals surface area contributed by atoms with Crippen molar-refractivity contribution in [2.24, 2.45) is 0 Å². The Morgan fingerprint density at radius 2 is 1.82 bits per heavy atom. The molecule has 1 aromatic heterocycles. The predicted octanol–water partition coefficient (Wildman–Crippen LogP) is 3.36. The van der Waals surface area contributed by atoms with Crippen molar-refractivity contribution in [3.05, 3.63) is 57.0 Å². The summed E-state index contributed by atoms with van der Waals surface area (Å²) in [5.74, 6) is 0.723. The third kappa shape index (κ3) is 5.42. The molecule has 8 heteroatoms. The van der Waals surface area contributed by atoms with E-state index in [-0.39, 0.29) is 5.69 Å². The van der Waals surface area contributed by atoms with Crippen LogP contribution in [0.1, 0.15) is 42.1 Å². The van der Waals surface area contributed by atoms with Crippen LogP contribution in [0.5, 0.6) is 5.75 Å². The highest BCUT2D eigenvalue weighted by molar-refractivity contribution is 7.86. The molecule has 0 saturated heterocycles. The topological polar surface area (TPSA) is 74.6 Å². The van der Waals surface area contributed by atoms with Crippen molar-refractivity contribution in [3.8, 4) is 5.75 Å². The second-order valence-electron chi connectivity index (χ2n) is 6.43. The minimum absolute atomic E-state index is 0.271. The van der Waals surface area contributed by atoms with E-state index in [0.717, 1.165) is 40.7 Å². The maximum atomic E-state index is 12.9. The molecular formula is C20H25NO5S2. The van der Waals surface area contributed by atoms with Crippen molar-refractivity contribution in [2.45, 2.75) is 38.0 Å². The molecule has 1 aromatic carbocycles. The van der Waals surface area contributed by atoms with Crippen LogP contribution in [0.3, 0.4) is 0 Å². The Morgan fingerprint density at radius 1 is 1.18 bits per heavy atom. The van der Waals surface area contributed by atoms with Crippen molar-refractivity contribution >= 4 is 34.9 Å². The van der Waals surface area contributed by atoms with E-state index in [9.17, 15) is 13.2 Å². The fourth-order valence-corrected chi connectivity index (χ4v) is 3.44. The Bertz CT molecular complexity index is 1020. The summed E-state index contributed by atoms with van der Waals surface area (Å²) >= 11 is 4.54. The van der Waals surface area contributed by atoms with Crippen molar-refractivity contribution in [1.29, 1.82) is 0 Å². The molecule has 2 rings (SSSR count). The van der Waals surface area contributed by atoms with Gasteiger partial charge in [0.2, 0.25) is 0 Å². The van der Waals surface area contributed by atoms with Crippen LogP contribution in [0.2, 0.25) is 0 Å².